The lowest BCUT2D eigenvalue weighted by Gasteiger charge is -2.37. The van der Waals surface area contributed by atoms with Gasteiger partial charge in [-0.3, -0.25) is 0 Å². The number of rotatable bonds is 2. The zero-order valence-corrected chi connectivity index (χ0v) is 12.2. The predicted molar refractivity (Wildman–Crippen MR) is 83.3 cm³/mol. The van der Waals surface area contributed by atoms with Gasteiger partial charge in [0.05, 0.1) is 0 Å². The van der Waals surface area contributed by atoms with Crippen LogP contribution in [-0.4, -0.2) is 19.1 Å². The number of nitrogens with two attached hydrogens (primary N) is 1. The molecule has 2 heterocycles. The highest BCUT2D eigenvalue weighted by atomic mass is 35.5. The van der Waals surface area contributed by atoms with Gasteiger partial charge in [0, 0.05) is 40.6 Å². The Morgan fingerprint density at radius 2 is 1.95 bits per heavy atom. The molecule has 2 N–H and O–H groups in total. The van der Waals surface area contributed by atoms with Crippen molar-refractivity contribution in [2.75, 3.05) is 18.0 Å². The SMILES string of the molecule is NC1CC(c2cccs2)CN(c2ccc(Cl)cc2)C1. The summed E-state index contributed by atoms with van der Waals surface area (Å²) in [4.78, 5) is 3.81. The minimum Gasteiger partial charge on any atom is -0.369 e. The molecule has 0 bridgehead atoms. The van der Waals surface area contributed by atoms with Gasteiger partial charge in [-0.1, -0.05) is 17.7 Å². The third-order valence-electron chi connectivity index (χ3n) is 3.62. The quantitative estimate of drug-likeness (QED) is 0.914. The molecule has 2 nitrogen and oxygen atoms in total. The van der Waals surface area contributed by atoms with Crippen molar-refractivity contribution in [1.82, 2.24) is 0 Å². The van der Waals surface area contributed by atoms with E-state index in [0.29, 0.717) is 5.92 Å². The molecule has 2 aromatic rings. The van der Waals surface area contributed by atoms with Crippen molar-refractivity contribution in [3.05, 3.63) is 51.7 Å². The summed E-state index contributed by atoms with van der Waals surface area (Å²) >= 11 is 7.78. The Hall–Kier alpha value is -1.03. The molecule has 1 fully saturated rings. The fourth-order valence-corrected chi connectivity index (χ4v) is 3.69. The average molecular weight is 293 g/mol. The molecule has 1 aromatic carbocycles. The van der Waals surface area contributed by atoms with Crippen molar-refractivity contribution in [2.24, 2.45) is 5.73 Å². The fourth-order valence-electron chi connectivity index (χ4n) is 2.73. The van der Waals surface area contributed by atoms with Gasteiger partial charge >= 0.3 is 0 Å². The molecule has 4 heteroatoms. The Labute approximate surface area is 122 Å². The number of piperidine rings is 1. The van der Waals surface area contributed by atoms with Gasteiger partial charge < -0.3 is 10.6 Å². The van der Waals surface area contributed by atoms with E-state index in [9.17, 15) is 0 Å². The minimum atomic E-state index is 0.233. The third-order valence-corrected chi connectivity index (χ3v) is 4.91. The highest BCUT2D eigenvalue weighted by Crippen LogP contribution is 2.32. The topological polar surface area (TPSA) is 29.3 Å². The molecule has 1 aliphatic rings. The maximum atomic E-state index is 6.23. The number of nitrogens with zero attached hydrogens (tertiary/aromatic N) is 1. The lowest BCUT2D eigenvalue weighted by atomic mass is 9.93. The number of halogens is 1. The second-order valence-corrected chi connectivity index (χ2v) is 6.51. The molecule has 2 unspecified atom stereocenters. The molecule has 0 amide bonds. The van der Waals surface area contributed by atoms with Gasteiger partial charge in [-0.25, -0.2) is 0 Å². The Morgan fingerprint density at radius 1 is 1.16 bits per heavy atom. The zero-order chi connectivity index (χ0) is 13.2. The van der Waals surface area contributed by atoms with Crippen LogP contribution in [-0.2, 0) is 0 Å². The van der Waals surface area contributed by atoms with E-state index in [2.05, 4.69) is 34.5 Å². The van der Waals surface area contributed by atoms with Crippen molar-refractivity contribution in [2.45, 2.75) is 18.4 Å². The van der Waals surface area contributed by atoms with Gasteiger partial charge in [0.15, 0.2) is 0 Å². The number of benzene rings is 1. The Morgan fingerprint density at radius 3 is 2.63 bits per heavy atom. The molecule has 2 atom stereocenters. The molecule has 0 radical (unpaired) electrons. The van der Waals surface area contributed by atoms with Crippen LogP contribution in [0.1, 0.15) is 17.2 Å². The van der Waals surface area contributed by atoms with Crippen molar-refractivity contribution in [3.8, 4) is 0 Å². The summed E-state index contributed by atoms with van der Waals surface area (Å²) in [6, 6.07) is 12.6. The summed E-state index contributed by atoms with van der Waals surface area (Å²) in [5.74, 6) is 0.541. The lowest BCUT2D eigenvalue weighted by Crippen LogP contribution is -2.46. The highest BCUT2D eigenvalue weighted by Gasteiger charge is 2.26. The largest absolute Gasteiger partial charge is 0.369 e. The summed E-state index contributed by atoms with van der Waals surface area (Å²) < 4.78 is 0. The van der Waals surface area contributed by atoms with Crippen LogP contribution in [0.5, 0.6) is 0 Å². The van der Waals surface area contributed by atoms with E-state index in [1.54, 1.807) is 0 Å². The second-order valence-electron chi connectivity index (χ2n) is 5.09. The molecule has 19 heavy (non-hydrogen) atoms. The maximum Gasteiger partial charge on any atom is 0.0407 e. The molecule has 0 spiro atoms. The summed E-state index contributed by atoms with van der Waals surface area (Å²) in [6.45, 7) is 1.96. The van der Waals surface area contributed by atoms with Gasteiger partial charge in [-0.2, -0.15) is 0 Å². The van der Waals surface area contributed by atoms with Gasteiger partial charge in [-0.15, -0.1) is 11.3 Å². The maximum absolute atomic E-state index is 6.23. The van der Waals surface area contributed by atoms with Gasteiger partial charge in [0.1, 0.15) is 0 Å². The van der Waals surface area contributed by atoms with E-state index in [0.717, 1.165) is 24.5 Å². The van der Waals surface area contributed by atoms with Crippen molar-refractivity contribution < 1.29 is 0 Å². The van der Waals surface area contributed by atoms with Crippen molar-refractivity contribution >= 4 is 28.6 Å². The van der Waals surface area contributed by atoms with Crippen LogP contribution < -0.4 is 10.6 Å². The summed E-state index contributed by atoms with van der Waals surface area (Å²) in [7, 11) is 0. The van der Waals surface area contributed by atoms with Gasteiger partial charge in [0.25, 0.3) is 0 Å². The Kier molecular flexibility index (Phi) is 3.78. The number of hydrogen-bond acceptors (Lipinski definition) is 3. The molecular formula is C15H17ClN2S. The summed E-state index contributed by atoms with van der Waals surface area (Å²) in [6.07, 6.45) is 1.07. The number of thiophene rings is 1. The van der Waals surface area contributed by atoms with Crippen LogP contribution in [0, 0.1) is 0 Å². The summed E-state index contributed by atoms with van der Waals surface area (Å²) in [5.41, 5.74) is 7.44. The molecule has 1 saturated heterocycles. The monoisotopic (exact) mass is 292 g/mol. The highest BCUT2D eigenvalue weighted by molar-refractivity contribution is 7.10. The smallest absolute Gasteiger partial charge is 0.0407 e. The van der Waals surface area contributed by atoms with Crippen LogP contribution >= 0.6 is 22.9 Å². The van der Waals surface area contributed by atoms with Crippen LogP contribution in [0.2, 0.25) is 5.02 Å². The van der Waals surface area contributed by atoms with E-state index < -0.39 is 0 Å². The molecule has 1 aliphatic heterocycles. The minimum absolute atomic E-state index is 0.233. The first-order valence-electron chi connectivity index (χ1n) is 6.52. The fraction of sp³-hybridized carbons (Fsp3) is 0.333. The van der Waals surface area contributed by atoms with Gasteiger partial charge in [-0.05, 0) is 42.1 Å². The third kappa shape index (κ3) is 2.94. The average Bonchev–Trinajstić information content (AvgIpc) is 2.93. The van der Waals surface area contributed by atoms with E-state index in [1.165, 1.54) is 10.6 Å². The standard InChI is InChI=1S/C15H17ClN2S/c16-12-3-5-14(6-4-12)18-9-11(8-13(17)10-18)15-2-1-7-19-15/h1-7,11,13H,8-10,17H2. The van der Waals surface area contributed by atoms with E-state index >= 15 is 0 Å². The molecule has 0 aliphatic carbocycles. The number of hydrogen-bond donors (Lipinski definition) is 1. The predicted octanol–water partition coefficient (Wildman–Crippen LogP) is 3.72. The second kappa shape index (κ2) is 5.53. The molecule has 100 valence electrons. The molecule has 0 saturated carbocycles. The molecular weight excluding hydrogens is 276 g/mol. The van der Waals surface area contributed by atoms with Crippen LogP contribution in [0.25, 0.3) is 0 Å². The van der Waals surface area contributed by atoms with Crippen LogP contribution in [0.3, 0.4) is 0 Å². The van der Waals surface area contributed by atoms with Crippen LogP contribution in [0.15, 0.2) is 41.8 Å². The van der Waals surface area contributed by atoms with E-state index in [1.807, 2.05) is 23.5 Å². The van der Waals surface area contributed by atoms with Crippen molar-refractivity contribution in [3.63, 3.8) is 0 Å². The molecule has 3 rings (SSSR count). The first-order valence-corrected chi connectivity index (χ1v) is 7.77. The van der Waals surface area contributed by atoms with Crippen LogP contribution in [0.4, 0.5) is 5.69 Å². The van der Waals surface area contributed by atoms with Gasteiger partial charge in [0.2, 0.25) is 0 Å². The van der Waals surface area contributed by atoms with E-state index in [-0.39, 0.29) is 6.04 Å². The lowest BCUT2D eigenvalue weighted by molar-refractivity contribution is 0.458. The first kappa shape index (κ1) is 13.0. The number of anilines is 1. The Bertz CT molecular complexity index is 524. The van der Waals surface area contributed by atoms with E-state index in [4.69, 9.17) is 17.3 Å². The normalized spacial score (nSPS) is 23.6. The zero-order valence-electron chi connectivity index (χ0n) is 10.6. The Balaban J connectivity index is 1.80. The first-order chi connectivity index (χ1) is 9.22. The summed E-state index contributed by atoms with van der Waals surface area (Å²) in [5, 5.41) is 2.92. The van der Waals surface area contributed by atoms with Crippen molar-refractivity contribution in [1.29, 1.82) is 0 Å². The molecule has 1 aromatic heterocycles.